The lowest BCUT2D eigenvalue weighted by Crippen LogP contribution is -2.34. The van der Waals surface area contributed by atoms with Gasteiger partial charge >= 0.3 is 12.1 Å². The van der Waals surface area contributed by atoms with Crippen molar-refractivity contribution in [2.45, 2.75) is 25.4 Å². The Morgan fingerprint density at radius 1 is 1.03 bits per heavy atom. The van der Waals surface area contributed by atoms with E-state index in [1.807, 2.05) is 41.3 Å². The first-order valence-corrected chi connectivity index (χ1v) is 9.22. The van der Waals surface area contributed by atoms with E-state index in [1.165, 1.54) is 6.42 Å². The van der Waals surface area contributed by atoms with E-state index >= 15 is 0 Å². The first-order valence-electron chi connectivity index (χ1n) is 9.22. The highest BCUT2D eigenvalue weighted by molar-refractivity contribution is 5.91. The third kappa shape index (κ3) is 7.94. The summed E-state index contributed by atoms with van der Waals surface area (Å²) in [7, 11) is 0. The van der Waals surface area contributed by atoms with Crippen molar-refractivity contribution in [3.05, 3.63) is 60.3 Å². The molecule has 1 amide bonds. The lowest BCUT2D eigenvalue weighted by Gasteiger charge is -2.25. The van der Waals surface area contributed by atoms with Gasteiger partial charge in [-0.05, 0) is 49.1 Å². The van der Waals surface area contributed by atoms with Crippen molar-refractivity contribution in [3.63, 3.8) is 0 Å². The minimum absolute atomic E-state index is 0.0781. The van der Waals surface area contributed by atoms with Crippen LogP contribution in [-0.2, 0) is 9.59 Å². The van der Waals surface area contributed by atoms with Crippen molar-refractivity contribution in [3.8, 4) is 11.6 Å². The van der Waals surface area contributed by atoms with E-state index in [1.54, 1.807) is 24.4 Å². The molecule has 2 heterocycles. The number of piperidine rings is 1. The fraction of sp³-hybridized carbons (Fsp3) is 0.286. The maximum Gasteiger partial charge on any atom is 0.490 e. The molecule has 3 rings (SSSR count). The first kappa shape index (κ1) is 22.9. The smallest absolute Gasteiger partial charge is 0.475 e. The highest BCUT2D eigenvalue weighted by atomic mass is 19.4. The molecule has 1 aromatic heterocycles. The molecule has 0 radical (unpaired) electrons. The fourth-order valence-electron chi connectivity index (χ4n) is 2.55. The number of hydrogen-bond donors (Lipinski definition) is 1. The molecule has 160 valence electrons. The Morgan fingerprint density at radius 3 is 2.20 bits per heavy atom. The number of aromatic nitrogens is 1. The van der Waals surface area contributed by atoms with Crippen LogP contribution in [0.1, 0.15) is 24.8 Å². The average Bonchev–Trinajstić information content (AvgIpc) is 2.74. The van der Waals surface area contributed by atoms with Gasteiger partial charge in [0.15, 0.2) is 0 Å². The Balaban J connectivity index is 0.000000396. The Hall–Kier alpha value is -3.36. The third-order valence-corrected chi connectivity index (χ3v) is 4.05. The van der Waals surface area contributed by atoms with Crippen LogP contribution in [0.25, 0.3) is 6.08 Å². The number of carboxylic acids is 1. The zero-order valence-corrected chi connectivity index (χ0v) is 16.0. The van der Waals surface area contributed by atoms with E-state index in [9.17, 15) is 18.0 Å². The number of para-hydroxylation sites is 1. The summed E-state index contributed by atoms with van der Waals surface area (Å²) in [6.07, 6.45) is 3.48. The van der Waals surface area contributed by atoms with Gasteiger partial charge in [0.05, 0.1) is 0 Å². The topological polar surface area (TPSA) is 79.7 Å². The van der Waals surface area contributed by atoms with Crippen LogP contribution in [0, 0.1) is 0 Å². The largest absolute Gasteiger partial charge is 0.490 e. The monoisotopic (exact) mass is 422 g/mol. The summed E-state index contributed by atoms with van der Waals surface area (Å²) in [5, 5.41) is 7.12. The van der Waals surface area contributed by atoms with E-state index in [-0.39, 0.29) is 5.91 Å². The minimum atomic E-state index is -5.08. The standard InChI is InChI=1S/C19H20N2O2.C2HF3O2/c22-19(21-13-5-2-6-14-21)12-10-16-9-11-18(20-15-16)23-17-7-3-1-4-8-17;3-2(4,5)1(6)7/h1,3-4,7-12,15H,2,5-6,13-14H2;(H,6,7)/b12-10+;. The summed E-state index contributed by atoms with van der Waals surface area (Å²) in [4.78, 5) is 27.1. The van der Waals surface area contributed by atoms with E-state index in [2.05, 4.69) is 4.98 Å². The SMILES string of the molecule is O=C(/C=C/c1ccc(Oc2ccccc2)nc1)N1CCCCC1.O=C(O)C(F)(F)F. The predicted molar refractivity (Wildman–Crippen MR) is 104 cm³/mol. The molecule has 1 aromatic carbocycles. The highest BCUT2D eigenvalue weighted by Crippen LogP contribution is 2.19. The second-order valence-electron chi connectivity index (χ2n) is 6.37. The second kappa shape index (κ2) is 11.0. The molecule has 6 nitrogen and oxygen atoms in total. The normalized spacial score (nSPS) is 14.0. The van der Waals surface area contributed by atoms with Crippen LogP contribution < -0.4 is 4.74 Å². The van der Waals surface area contributed by atoms with Crippen molar-refractivity contribution < 1.29 is 32.6 Å². The van der Waals surface area contributed by atoms with Crippen molar-refractivity contribution in [1.82, 2.24) is 9.88 Å². The van der Waals surface area contributed by atoms with Crippen molar-refractivity contribution in [1.29, 1.82) is 0 Å². The number of carboxylic acid groups (broad SMARTS) is 1. The van der Waals surface area contributed by atoms with Crippen LogP contribution in [0.4, 0.5) is 13.2 Å². The van der Waals surface area contributed by atoms with Crippen LogP contribution in [0.2, 0.25) is 0 Å². The Kier molecular flexibility index (Phi) is 8.40. The van der Waals surface area contributed by atoms with Gasteiger partial charge in [0.1, 0.15) is 5.75 Å². The first-order chi connectivity index (χ1) is 14.3. The molecule has 0 spiro atoms. The van der Waals surface area contributed by atoms with Gasteiger partial charge in [-0.25, -0.2) is 9.78 Å². The van der Waals surface area contributed by atoms with Crippen LogP contribution in [0.3, 0.4) is 0 Å². The number of amides is 1. The number of alkyl halides is 3. The molecule has 0 aliphatic carbocycles. The molecule has 1 aliphatic rings. The second-order valence-corrected chi connectivity index (χ2v) is 6.37. The summed E-state index contributed by atoms with van der Waals surface area (Å²) < 4.78 is 37.4. The number of nitrogens with zero attached hydrogens (tertiary/aromatic N) is 2. The zero-order chi connectivity index (χ0) is 22.0. The summed E-state index contributed by atoms with van der Waals surface area (Å²) in [6.45, 7) is 1.73. The molecular formula is C21H21F3N2O4. The van der Waals surface area contributed by atoms with E-state index < -0.39 is 12.1 Å². The molecular weight excluding hydrogens is 401 g/mol. The summed E-state index contributed by atoms with van der Waals surface area (Å²) in [5.41, 5.74) is 0.885. The van der Waals surface area contributed by atoms with Gasteiger partial charge in [-0.1, -0.05) is 18.2 Å². The maximum atomic E-state index is 12.1. The molecule has 0 saturated carbocycles. The molecule has 0 unspecified atom stereocenters. The number of likely N-dealkylation sites (tertiary alicyclic amines) is 1. The molecule has 1 aliphatic heterocycles. The number of halogens is 3. The van der Waals surface area contributed by atoms with Crippen LogP contribution >= 0.6 is 0 Å². The van der Waals surface area contributed by atoms with Gasteiger partial charge < -0.3 is 14.7 Å². The number of carbonyl (C=O) groups excluding carboxylic acids is 1. The summed E-state index contributed by atoms with van der Waals surface area (Å²) in [6, 6.07) is 13.2. The highest BCUT2D eigenvalue weighted by Gasteiger charge is 2.38. The van der Waals surface area contributed by atoms with Gasteiger partial charge in [-0.3, -0.25) is 4.79 Å². The molecule has 1 fully saturated rings. The fourth-order valence-corrected chi connectivity index (χ4v) is 2.55. The van der Waals surface area contributed by atoms with Gasteiger partial charge in [-0.2, -0.15) is 13.2 Å². The molecule has 9 heteroatoms. The molecule has 30 heavy (non-hydrogen) atoms. The summed E-state index contributed by atoms with van der Waals surface area (Å²) in [5.74, 6) is -1.39. The number of ether oxygens (including phenoxy) is 1. The van der Waals surface area contributed by atoms with Crippen LogP contribution in [0.15, 0.2) is 54.7 Å². The third-order valence-electron chi connectivity index (χ3n) is 4.05. The van der Waals surface area contributed by atoms with Crippen LogP contribution in [-0.4, -0.2) is 46.1 Å². The molecule has 1 saturated heterocycles. The van der Waals surface area contributed by atoms with Crippen molar-refractivity contribution >= 4 is 18.0 Å². The van der Waals surface area contributed by atoms with Crippen molar-refractivity contribution in [2.24, 2.45) is 0 Å². The quantitative estimate of drug-likeness (QED) is 0.733. The van der Waals surface area contributed by atoms with Crippen molar-refractivity contribution in [2.75, 3.05) is 13.1 Å². The van der Waals surface area contributed by atoms with E-state index in [4.69, 9.17) is 14.6 Å². The molecule has 0 atom stereocenters. The zero-order valence-electron chi connectivity index (χ0n) is 16.0. The lowest BCUT2D eigenvalue weighted by molar-refractivity contribution is -0.192. The Morgan fingerprint density at radius 2 is 1.67 bits per heavy atom. The Bertz CT molecular complexity index is 847. The molecule has 1 N–H and O–H groups in total. The van der Waals surface area contributed by atoms with Gasteiger partial charge in [0.2, 0.25) is 11.8 Å². The number of hydrogen-bond acceptors (Lipinski definition) is 4. The molecule has 0 bridgehead atoms. The number of aliphatic carboxylic acids is 1. The van der Waals surface area contributed by atoms with Gasteiger partial charge in [0, 0.05) is 31.4 Å². The molecule has 2 aromatic rings. The number of carbonyl (C=O) groups is 2. The Labute approximate surface area is 171 Å². The average molecular weight is 422 g/mol. The maximum absolute atomic E-state index is 12.1. The van der Waals surface area contributed by atoms with E-state index in [0.29, 0.717) is 5.88 Å². The predicted octanol–water partition coefficient (Wildman–Crippen LogP) is 4.53. The number of pyridine rings is 1. The number of rotatable bonds is 4. The van der Waals surface area contributed by atoms with Gasteiger partial charge in [0.25, 0.3) is 0 Å². The lowest BCUT2D eigenvalue weighted by atomic mass is 10.1. The van der Waals surface area contributed by atoms with Gasteiger partial charge in [-0.15, -0.1) is 0 Å². The number of benzene rings is 1. The minimum Gasteiger partial charge on any atom is -0.475 e. The van der Waals surface area contributed by atoms with E-state index in [0.717, 1.165) is 37.2 Å². The summed E-state index contributed by atoms with van der Waals surface area (Å²) >= 11 is 0. The van der Waals surface area contributed by atoms with Crippen LogP contribution in [0.5, 0.6) is 11.6 Å².